The van der Waals surface area contributed by atoms with Crippen molar-refractivity contribution in [3.8, 4) is 16.3 Å². The minimum Gasteiger partial charge on any atom is -0.493 e. The van der Waals surface area contributed by atoms with E-state index < -0.39 is 0 Å². The molecular formula is C14H12N2O4S. The maximum atomic E-state index is 11.6. The molecule has 0 unspecified atom stereocenters. The molecule has 0 amide bonds. The fourth-order valence-corrected chi connectivity index (χ4v) is 3.05. The molecule has 2 aromatic heterocycles. The van der Waals surface area contributed by atoms with E-state index in [0.29, 0.717) is 22.6 Å². The molecule has 0 saturated heterocycles. The Hall–Kier alpha value is -2.38. The van der Waals surface area contributed by atoms with E-state index >= 15 is 0 Å². The minimum absolute atomic E-state index is 0.169. The van der Waals surface area contributed by atoms with Crippen molar-refractivity contribution in [2.24, 2.45) is 0 Å². The average molecular weight is 304 g/mol. The molecular weight excluding hydrogens is 292 g/mol. The second-order valence-electron chi connectivity index (χ2n) is 4.51. The molecule has 0 bridgehead atoms. The first-order valence-corrected chi connectivity index (χ1v) is 6.98. The molecule has 3 N–H and O–H groups in total. The molecule has 0 saturated carbocycles. The van der Waals surface area contributed by atoms with Gasteiger partial charge in [0.2, 0.25) is 11.4 Å². The van der Waals surface area contributed by atoms with Gasteiger partial charge in [0.05, 0.1) is 12.1 Å². The van der Waals surface area contributed by atoms with Crippen LogP contribution in [0, 0.1) is 0 Å². The summed E-state index contributed by atoms with van der Waals surface area (Å²) < 4.78 is 5.12. The Morgan fingerprint density at radius 2 is 2.00 bits per heavy atom. The number of ether oxygens (including phenoxy) is 1. The van der Waals surface area contributed by atoms with Crippen LogP contribution in [0.5, 0.6) is 5.88 Å². The van der Waals surface area contributed by atoms with Crippen molar-refractivity contribution in [1.82, 2.24) is 9.97 Å². The van der Waals surface area contributed by atoms with Gasteiger partial charge in [-0.15, -0.1) is 0 Å². The van der Waals surface area contributed by atoms with Gasteiger partial charge in [0.15, 0.2) is 0 Å². The van der Waals surface area contributed by atoms with Crippen molar-refractivity contribution in [1.29, 1.82) is 0 Å². The first-order chi connectivity index (χ1) is 10.1. The van der Waals surface area contributed by atoms with Gasteiger partial charge < -0.3 is 14.8 Å². The van der Waals surface area contributed by atoms with E-state index in [9.17, 15) is 14.7 Å². The third-order valence-electron chi connectivity index (χ3n) is 3.16. The second kappa shape index (κ2) is 5.19. The van der Waals surface area contributed by atoms with Crippen LogP contribution in [0.1, 0.15) is 5.56 Å². The van der Waals surface area contributed by atoms with Crippen LogP contribution in [-0.2, 0) is 11.3 Å². The highest BCUT2D eigenvalue weighted by Gasteiger charge is 2.14. The van der Waals surface area contributed by atoms with Crippen molar-refractivity contribution in [2.45, 2.75) is 6.61 Å². The number of nitrogens with one attached hydrogen (secondary N) is 2. The predicted octanol–water partition coefficient (Wildman–Crippen LogP) is 1.80. The van der Waals surface area contributed by atoms with Crippen molar-refractivity contribution in [2.75, 3.05) is 7.11 Å². The van der Waals surface area contributed by atoms with Gasteiger partial charge >= 0.3 is 4.87 Å². The molecule has 6 nitrogen and oxygen atoms in total. The van der Waals surface area contributed by atoms with E-state index in [-0.39, 0.29) is 16.3 Å². The van der Waals surface area contributed by atoms with Gasteiger partial charge in [-0.2, -0.15) is 0 Å². The van der Waals surface area contributed by atoms with Crippen LogP contribution in [0.3, 0.4) is 0 Å². The molecule has 0 aliphatic heterocycles. The number of H-pyrrole nitrogens is 2. The summed E-state index contributed by atoms with van der Waals surface area (Å²) in [6.07, 6.45) is 0. The van der Waals surface area contributed by atoms with Crippen LogP contribution in [-0.4, -0.2) is 22.2 Å². The number of pyridine rings is 1. The monoisotopic (exact) mass is 304 g/mol. The average Bonchev–Trinajstić information content (AvgIpc) is 2.78. The summed E-state index contributed by atoms with van der Waals surface area (Å²) in [4.78, 5) is 28.2. The summed E-state index contributed by atoms with van der Waals surface area (Å²) in [6.45, 7) is 0.353. The van der Waals surface area contributed by atoms with Crippen molar-refractivity contribution in [3.05, 3.63) is 49.9 Å². The lowest BCUT2D eigenvalue weighted by atomic mass is 10.0. The molecule has 0 fully saturated rings. The van der Waals surface area contributed by atoms with Gasteiger partial charge in [-0.3, -0.25) is 14.6 Å². The van der Waals surface area contributed by atoms with Crippen LogP contribution in [0.25, 0.3) is 21.3 Å². The maximum absolute atomic E-state index is 11.6. The van der Waals surface area contributed by atoms with Gasteiger partial charge in [0.25, 0.3) is 0 Å². The molecule has 108 valence electrons. The van der Waals surface area contributed by atoms with E-state index in [0.717, 1.165) is 22.3 Å². The number of aromatic nitrogens is 2. The number of hydrogen-bond acceptors (Lipinski definition) is 5. The van der Waals surface area contributed by atoms with Crippen LogP contribution in [0.2, 0.25) is 0 Å². The van der Waals surface area contributed by atoms with Crippen LogP contribution < -0.4 is 10.4 Å². The second-order valence-corrected chi connectivity index (χ2v) is 5.49. The molecule has 1 aromatic carbocycles. The van der Waals surface area contributed by atoms with Gasteiger partial charge in [-0.1, -0.05) is 23.5 Å². The fraction of sp³-hybridized carbons (Fsp3) is 0.143. The first-order valence-electron chi connectivity index (χ1n) is 6.16. The van der Waals surface area contributed by atoms with Crippen LogP contribution in [0.4, 0.5) is 0 Å². The Bertz CT molecular complexity index is 923. The standard InChI is InChI=1S/C14H12N2O4S/c1-20-6-7-2-3-9(12-13(18)16-14(19)21-12)8-4-5-10(17)15-11(7)8/h2-5,18H,6H2,1H3,(H,15,17)(H,16,19). The summed E-state index contributed by atoms with van der Waals surface area (Å²) in [5, 5.41) is 10.6. The zero-order chi connectivity index (χ0) is 15.0. The predicted molar refractivity (Wildman–Crippen MR) is 80.9 cm³/mol. The molecule has 2 heterocycles. The van der Waals surface area contributed by atoms with Crippen molar-refractivity contribution < 1.29 is 9.84 Å². The van der Waals surface area contributed by atoms with Gasteiger partial charge in [0.1, 0.15) is 4.88 Å². The fourth-order valence-electron chi connectivity index (χ4n) is 2.29. The van der Waals surface area contributed by atoms with E-state index in [4.69, 9.17) is 4.74 Å². The topological polar surface area (TPSA) is 95.2 Å². The Morgan fingerprint density at radius 1 is 1.19 bits per heavy atom. The Balaban J connectivity index is 2.35. The lowest BCUT2D eigenvalue weighted by Crippen LogP contribution is -2.05. The molecule has 0 spiro atoms. The van der Waals surface area contributed by atoms with Crippen LogP contribution >= 0.6 is 11.3 Å². The Morgan fingerprint density at radius 3 is 2.67 bits per heavy atom. The molecule has 0 radical (unpaired) electrons. The number of thiazole rings is 1. The highest BCUT2D eigenvalue weighted by atomic mass is 32.1. The zero-order valence-electron chi connectivity index (χ0n) is 11.1. The number of benzene rings is 1. The summed E-state index contributed by atoms with van der Waals surface area (Å²) in [7, 11) is 1.57. The van der Waals surface area contributed by atoms with E-state index in [1.54, 1.807) is 25.3 Å². The van der Waals surface area contributed by atoms with E-state index in [1.807, 2.05) is 0 Å². The van der Waals surface area contributed by atoms with E-state index in [2.05, 4.69) is 9.97 Å². The molecule has 7 heteroatoms. The van der Waals surface area contributed by atoms with Gasteiger partial charge in [-0.05, 0) is 6.07 Å². The number of aromatic amines is 2. The highest BCUT2D eigenvalue weighted by molar-refractivity contribution is 7.13. The third-order valence-corrected chi connectivity index (χ3v) is 4.06. The number of hydrogen-bond donors (Lipinski definition) is 3. The first kappa shape index (κ1) is 13.6. The summed E-state index contributed by atoms with van der Waals surface area (Å²) in [6, 6.07) is 6.69. The number of rotatable bonds is 3. The quantitative estimate of drug-likeness (QED) is 0.687. The van der Waals surface area contributed by atoms with Gasteiger partial charge in [0, 0.05) is 29.7 Å². The molecule has 21 heavy (non-hydrogen) atoms. The smallest absolute Gasteiger partial charge is 0.307 e. The maximum Gasteiger partial charge on any atom is 0.307 e. The highest BCUT2D eigenvalue weighted by Crippen LogP contribution is 2.35. The number of methoxy groups -OCH3 is 1. The molecule has 0 aliphatic carbocycles. The Kier molecular flexibility index (Phi) is 3.36. The summed E-state index contributed by atoms with van der Waals surface area (Å²) in [5.74, 6) is -0.169. The molecule has 0 atom stereocenters. The van der Waals surface area contributed by atoms with E-state index in [1.165, 1.54) is 6.07 Å². The number of fused-ring (bicyclic) bond motifs is 1. The Labute approximate surface area is 122 Å². The lowest BCUT2D eigenvalue weighted by molar-refractivity contribution is 0.186. The SMILES string of the molecule is COCc1ccc(-c2sc(=O)[nH]c2O)c2ccc(=O)[nH]c12. The third kappa shape index (κ3) is 2.37. The van der Waals surface area contributed by atoms with Crippen LogP contribution in [0.15, 0.2) is 33.9 Å². The zero-order valence-corrected chi connectivity index (χ0v) is 11.9. The normalized spacial score (nSPS) is 11.1. The largest absolute Gasteiger partial charge is 0.493 e. The van der Waals surface area contributed by atoms with Gasteiger partial charge in [-0.25, -0.2) is 0 Å². The van der Waals surface area contributed by atoms with Crippen molar-refractivity contribution in [3.63, 3.8) is 0 Å². The summed E-state index contributed by atoms with van der Waals surface area (Å²) >= 11 is 0.921. The minimum atomic E-state index is -0.332. The lowest BCUT2D eigenvalue weighted by Gasteiger charge is -2.09. The molecule has 3 aromatic rings. The summed E-state index contributed by atoms with van der Waals surface area (Å²) in [5.41, 5.74) is 1.93. The van der Waals surface area contributed by atoms with Crippen molar-refractivity contribution >= 4 is 22.2 Å². The number of aromatic hydroxyl groups is 1. The molecule has 3 rings (SSSR count). The molecule has 0 aliphatic rings.